The molecular formula is C15H14FN3O2S2. The predicted octanol–water partition coefficient (Wildman–Crippen LogP) is 2.92. The molecule has 0 bridgehead atoms. The van der Waals surface area contributed by atoms with Gasteiger partial charge >= 0.3 is 0 Å². The summed E-state index contributed by atoms with van der Waals surface area (Å²) in [6.07, 6.45) is 0. The molecule has 120 valence electrons. The van der Waals surface area contributed by atoms with E-state index < -0.39 is 15.7 Å². The van der Waals surface area contributed by atoms with Crippen LogP contribution in [0.1, 0.15) is 17.1 Å². The maximum Gasteiger partial charge on any atom is 0.212 e. The molecular weight excluding hydrogens is 337 g/mol. The molecule has 5 nitrogen and oxygen atoms in total. The van der Waals surface area contributed by atoms with E-state index in [4.69, 9.17) is 0 Å². The Kier molecular flexibility index (Phi) is 3.68. The van der Waals surface area contributed by atoms with Gasteiger partial charge in [0.25, 0.3) is 0 Å². The second kappa shape index (κ2) is 5.31. The molecule has 0 atom stereocenters. The van der Waals surface area contributed by atoms with Crippen molar-refractivity contribution >= 4 is 28.1 Å². The number of aromatic nitrogens is 3. The first-order valence-corrected chi connectivity index (χ1v) is 8.72. The summed E-state index contributed by atoms with van der Waals surface area (Å²) in [5.74, 6) is -0.613. The average Bonchev–Trinajstić information content (AvgIpc) is 2.82. The van der Waals surface area contributed by atoms with Gasteiger partial charge in [0, 0.05) is 4.90 Å². The van der Waals surface area contributed by atoms with Gasteiger partial charge in [-0.05, 0) is 39.0 Å². The van der Waals surface area contributed by atoms with Crippen molar-refractivity contribution in [2.75, 3.05) is 0 Å². The van der Waals surface area contributed by atoms with Crippen LogP contribution in [0.25, 0.3) is 5.65 Å². The molecule has 0 aliphatic rings. The largest absolute Gasteiger partial charge is 0.231 e. The second-order valence-electron chi connectivity index (χ2n) is 5.24. The molecule has 2 heterocycles. The highest BCUT2D eigenvalue weighted by atomic mass is 32.2. The number of sulfone groups is 1. The van der Waals surface area contributed by atoms with Crippen LogP contribution in [-0.2, 0) is 9.84 Å². The van der Waals surface area contributed by atoms with E-state index in [0.29, 0.717) is 22.0 Å². The Balaban J connectivity index is 2.38. The summed E-state index contributed by atoms with van der Waals surface area (Å²) in [5.41, 5.74) is 1.83. The van der Waals surface area contributed by atoms with Gasteiger partial charge in [-0.15, -0.1) is 12.6 Å². The lowest BCUT2D eigenvalue weighted by atomic mass is 10.3. The second-order valence-corrected chi connectivity index (χ2v) is 7.58. The third-order valence-corrected chi connectivity index (χ3v) is 6.17. The van der Waals surface area contributed by atoms with Gasteiger partial charge in [0.05, 0.1) is 22.0 Å². The van der Waals surface area contributed by atoms with Crippen molar-refractivity contribution in [1.29, 1.82) is 0 Å². The number of rotatable bonds is 2. The monoisotopic (exact) mass is 351 g/mol. The lowest BCUT2D eigenvalue weighted by molar-refractivity contribution is 0.591. The van der Waals surface area contributed by atoms with E-state index in [-0.39, 0.29) is 15.4 Å². The molecule has 8 heteroatoms. The highest BCUT2D eigenvalue weighted by Gasteiger charge is 2.28. The zero-order chi connectivity index (χ0) is 16.9. The first-order chi connectivity index (χ1) is 10.7. The number of benzene rings is 1. The molecule has 0 saturated heterocycles. The molecule has 0 N–H and O–H groups in total. The van der Waals surface area contributed by atoms with Crippen LogP contribution in [0.3, 0.4) is 0 Å². The Hall–Kier alpha value is -1.93. The standard InChI is InChI=1S/C15H14FN3O2S2/c1-8-13(22)10(3)19-15(17-8)14(9(2)18-19)23(20,21)12-6-4-5-11(16)7-12/h4-7,22H,1-3H3. The van der Waals surface area contributed by atoms with Gasteiger partial charge in [-0.3, -0.25) is 0 Å². The van der Waals surface area contributed by atoms with Crippen LogP contribution in [0.2, 0.25) is 0 Å². The first kappa shape index (κ1) is 15.9. The van der Waals surface area contributed by atoms with Gasteiger partial charge in [-0.1, -0.05) is 6.07 Å². The molecule has 0 aliphatic heterocycles. The Morgan fingerprint density at radius 2 is 1.87 bits per heavy atom. The van der Waals surface area contributed by atoms with Gasteiger partial charge in [0.15, 0.2) is 5.65 Å². The third-order valence-electron chi connectivity index (χ3n) is 3.63. The Morgan fingerprint density at radius 1 is 1.17 bits per heavy atom. The summed E-state index contributed by atoms with van der Waals surface area (Å²) in [4.78, 5) is 4.84. The maximum atomic E-state index is 13.4. The summed E-state index contributed by atoms with van der Waals surface area (Å²) in [5, 5.41) is 4.26. The fourth-order valence-corrected chi connectivity index (χ4v) is 4.18. The van der Waals surface area contributed by atoms with Crippen LogP contribution < -0.4 is 0 Å². The fraction of sp³-hybridized carbons (Fsp3) is 0.200. The predicted molar refractivity (Wildman–Crippen MR) is 86.3 cm³/mol. The number of hydrogen-bond donors (Lipinski definition) is 1. The van der Waals surface area contributed by atoms with E-state index in [9.17, 15) is 12.8 Å². The number of nitrogens with zero attached hydrogens (tertiary/aromatic N) is 3. The van der Waals surface area contributed by atoms with Crippen molar-refractivity contribution in [2.24, 2.45) is 0 Å². The van der Waals surface area contributed by atoms with Crippen LogP contribution in [0.4, 0.5) is 4.39 Å². The quantitative estimate of drug-likeness (QED) is 0.721. The number of hydrogen-bond acceptors (Lipinski definition) is 5. The molecule has 1 aromatic carbocycles. The highest BCUT2D eigenvalue weighted by molar-refractivity contribution is 7.91. The van der Waals surface area contributed by atoms with Crippen LogP contribution in [-0.4, -0.2) is 23.0 Å². The van der Waals surface area contributed by atoms with Crippen molar-refractivity contribution in [1.82, 2.24) is 14.6 Å². The van der Waals surface area contributed by atoms with Crippen molar-refractivity contribution in [2.45, 2.75) is 35.5 Å². The Labute approximate surface area is 138 Å². The normalized spacial score (nSPS) is 12.0. The fourth-order valence-electron chi connectivity index (χ4n) is 2.47. The molecule has 0 spiro atoms. The molecule has 2 aromatic heterocycles. The highest BCUT2D eigenvalue weighted by Crippen LogP contribution is 2.29. The lowest BCUT2D eigenvalue weighted by Crippen LogP contribution is -2.06. The summed E-state index contributed by atoms with van der Waals surface area (Å²) in [6.45, 7) is 5.12. The summed E-state index contributed by atoms with van der Waals surface area (Å²) >= 11 is 4.36. The molecule has 3 rings (SSSR count). The van der Waals surface area contributed by atoms with Crippen LogP contribution in [0.5, 0.6) is 0 Å². The van der Waals surface area contributed by atoms with Gasteiger partial charge in [-0.25, -0.2) is 22.3 Å². The number of aryl methyl sites for hydroxylation is 3. The van der Waals surface area contributed by atoms with Crippen LogP contribution in [0.15, 0.2) is 39.0 Å². The number of fused-ring (bicyclic) bond motifs is 1. The molecule has 0 saturated carbocycles. The SMILES string of the molecule is Cc1nc2c(S(=O)(=O)c3cccc(F)c3)c(C)nn2c(C)c1S. The zero-order valence-corrected chi connectivity index (χ0v) is 14.4. The van der Waals surface area contributed by atoms with Crippen molar-refractivity contribution in [3.63, 3.8) is 0 Å². The molecule has 0 fully saturated rings. The number of halogens is 1. The van der Waals surface area contributed by atoms with Crippen molar-refractivity contribution in [3.8, 4) is 0 Å². The van der Waals surface area contributed by atoms with Gasteiger partial charge in [0.1, 0.15) is 10.7 Å². The third kappa shape index (κ3) is 2.42. The van der Waals surface area contributed by atoms with E-state index in [1.165, 1.54) is 22.7 Å². The first-order valence-electron chi connectivity index (χ1n) is 6.79. The maximum absolute atomic E-state index is 13.4. The van der Waals surface area contributed by atoms with Gasteiger partial charge in [0.2, 0.25) is 9.84 Å². The van der Waals surface area contributed by atoms with Gasteiger partial charge < -0.3 is 0 Å². The zero-order valence-electron chi connectivity index (χ0n) is 12.7. The van der Waals surface area contributed by atoms with Crippen molar-refractivity contribution < 1.29 is 12.8 Å². The van der Waals surface area contributed by atoms with Crippen LogP contribution in [0, 0.1) is 26.6 Å². The summed E-state index contributed by atoms with van der Waals surface area (Å²) in [6, 6.07) is 4.90. The summed E-state index contributed by atoms with van der Waals surface area (Å²) < 4.78 is 40.7. The molecule has 3 aromatic rings. The average molecular weight is 351 g/mol. The molecule has 23 heavy (non-hydrogen) atoms. The smallest absolute Gasteiger partial charge is 0.212 e. The van der Waals surface area contributed by atoms with E-state index >= 15 is 0 Å². The van der Waals surface area contributed by atoms with E-state index in [1.807, 2.05) is 0 Å². The Bertz CT molecular complexity index is 1040. The number of thiol groups is 1. The van der Waals surface area contributed by atoms with Crippen LogP contribution >= 0.6 is 12.6 Å². The van der Waals surface area contributed by atoms with Crippen molar-refractivity contribution in [3.05, 3.63) is 47.2 Å². The van der Waals surface area contributed by atoms with E-state index in [2.05, 4.69) is 22.7 Å². The Morgan fingerprint density at radius 3 is 2.52 bits per heavy atom. The van der Waals surface area contributed by atoms with E-state index in [1.54, 1.807) is 20.8 Å². The minimum Gasteiger partial charge on any atom is -0.231 e. The molecule has 0 unspecified atom stereocenters. The van der Waals surface area contributed by atoms with Gasteiger partial charge in [-0.2, -0.15) is 5.10 Å². The minimum atomic E-state index is -3.93. The molecule has 0 aliphatic carbocycles. The topological polar surface area (TPSA) is 64.3 Å². The summed E-state index contributed by atoms with van der Waals surface area (Å²) in [7, 11) is -3.93. The minimum absolute atomic E-state index is 0.0115. The molecule has 0 amide bonds. The lowest BCUT2D eigenvalue weighted by Gasteiger charge is -2.07. The molecule has 0 radical (unpaired) electrons. The van der Waals surface area contributed by atoms with E-state index in [0.717, 1.165) is 6.07 Å².